The maximum Gasteiger partial charge on any atom is 0.135 e. The van der Waals surface area contributed by atoms with Crippen LogP contribution in [0.4, 0.5) is 0 Å². The number of carbonyl (C=O) groups excluding carboxylic acids is 1. The van der Waals surface area contributed by atoms with Crippen molar-refractivity contribution in [2.45, 2.75) is 58.3 Å². The summed E-state index contributed by atoms with van der Waals surface area (Å²) in [5.41, 5.74) is 0. The van der Waals surface area contributed by atoms with Gasteiger partial charge in [-0.2, -0.15) is 0 Å². The highest BCUT2D eigenvalue weighted by atomic mass is 16.1. The zero-order valence-electron chi connectivity index (χ0n) is 10.1. The molecule has 0 radical (unpaired) electrons. The zero-order valence-corrected chi connectivity index (χ0v) is 10.1. The van der Waals surface area contributed by atoms with Crippen molar-refractivity contribution in [1.82, 2.24) is 4.90 Å². The summed E-state index contributed by atoms with van der Waals surface area (Å²) in [7, 11) is 0. The van der Waals surface area contributed by atoms with Crippen molar-refractivity contribution in [2.24, 2.45) is 0 Å². The Morgan fingerprint density at radius 1 is 1.00 bits per heavy atom. The monoisotopic (exact) mass is 211 g/mol. The van der Waals surface area contributed by atoms with E-state index in [1.165, 1.54) is 45.1 Å². The van der Waals surface area contributed by atoms with Crippen molar-refractivity contribution in [3.05, 3.63) is 0 Å². The first kappa shape index (κ1) is 12.7. The maximum atomic E-state index is 11.0. The molecule has 0 bridgehead atoms. The first-order valence-electron chi connectivity index (χ1n) is 6.57. The van der Waals surface area contributed by atoms with Crippen molar-refractivity contribution < 1.29 is 4.79 Å². The zero-order chi connectivity index (χ0) is 10.9. The van der Waals surface area contributed by atoms with E-state index < -0.39 is 0 Å². The first-order chi connectivity index (χ1) is 7.33. The summed E-state index contributed by atoms with van der Waals surface area (Å²) in [6.07, 6.45) is 9.76. The van der Waals surface area contributed by atoms with E-state index in [1.54, 1.807) is 0 Å². The van der Waals surface area contributed by atoms with Crippen LogP contribution in [0.1, 0.15) is 58.3 Å². The third-order valence-corrected chi connectivity index (χ3v) is 3.24. The van der Waals surface area contributed by atoms with Crippen LogP contribution in [0.25, 0.3) is 0 Å². The van der Waals surface area contributed by atoms with Crippen LogP contribution >= 0.6 is 0 Å². The number of ketones is 1. The lowest BCUT2D eigenvalue weighted by atomic mass is 10.1. The van der Waals surface area contributed by atoms with Gasteiger partial charge in [0.25, 0.3) is 0 Å². The van der Waals surface area contributed by atoms with Crippen LogP contribution in [0.3, 0.4) is 0 Å². The molecule has 1 aliphatic heterocycles. The van der Waals surface area contributed by atoms with Crippen LogP contribution < -0.4 is 0 Å². The minimum absolute atomic E-state index is 0.453. The highest BCUT2D eigenvalue weighted by molar-refractivity contribution is 5.79. The van der Waals surface area contributed by atoms with E-state index in [2.05, 4.69) is 11.8 Å². The van der Waals surface area contributed by atoms with Gasteiger partial charge in [0, 0.05) is 25.9 Å². The molecule has 1 saturated heterocycles. The second-order valence-electron chi connectivity index (χ2n) is 4.65. The molecule has 2 nitrogen and oxygen atoms in total. The summed E-state index contributed by atoms with van der Waals surface area (Å²) < 4.78 is 0. The Kier molecular flexibility index (Phi) is 6.66. The summed E-state index contributed by atoms with van der Waals surface area (Å²) in [5, 5.41) is 0. The van der Waals surface area contributed by atoms with E-state index in [0.717, 1.165) is 25.9 Å². The average Bonchev–Trinajstić information content (AvgIpc) is 2.26. The fourth-order valence-electron chi connectivity index (χ4n) is 2.14. The largest absolute Gasteiger partial charge is 0.302 e. The van der Waals surface area contributed by atoms with E-state index in [4.69, 9.17) is 0 Å². The minimum Gasteiger partial charge on any atom is -0.302 e. The van der Waals surface area contributed by atoms with E-state index in [1.807, 2.05) is 0 Å². The molecule has 0 aromatic heterocycles. The molecule has 0 saturated carbocycles. The van der Waals surface area contributed by atoms with Crippen LogP contribution in [0.2, 0.25) is 0 Å². The van der Waals surface area contributed by atoms with Gasteiger partial charge in [0.15, 0.2) is 0 Å². The van der Waals surface area contributed by atoms with Crippen molar-refractivity contribution in [1.29, 1.82) is 0 Å². The lowest BCUT2D eigenvalue weighted by Gasteiger charge is -2.25. The molecule has 0 amide bonds. The van der Waals surface area contributed by atoms with Gasteiger partial charge in [0.2, 0.25) is 0 Å². The summed E-state index contributed by atoms with van der Waals surface area (Å²) in [6, 6.07) is 0. The Bertz CT molecular complexity index is 169. The molecule has 15 heavy (non-hydrogen) atoms. The third-order valence-electron chi connectivity index (χ3n) is 3.24. The molecule has 0 aromatic carbocycles. The van der Waals surface area contributed by atoms with E-state index in [-0.39, 0.29) is 0 Å². The number of rotatable bonds is 7. The molecule has 0 aromatic rings. The van der Waals surface area contributed by atoms with Crippen molar-refractivity contribution in [3.8, 4) is 0 Å². The summed E-state index contributed by atoms with van der Waals surface area (Å²) >= 11 is 0. The lowest BCUT2D eigenvalue weighted by Crippen LogP contribution is -2.34. The number of hydrogen-bond acceptors (Lipinski definition) is 2. The number of Topliss-reactive ketones (excluding diaryl/α,β-unsaturated/α-hetero) is 1. The van der Waals surface area contributed by atoms with E-state index >= 15 is 0 Å². The molecule has 0 unspecified atom stereocenters. The Morgan fingerprint density at radius 3 is 2.27 bits per heavy atom. The molecule has 2 heteroatoms. The minimum atomic E-state index is 0.453. The number of likely N-dealkylation sites (tertiary alicyclic amines) is 1. The summed E-state index contributed by atoms with van der Waals surface area (Å²) in [6.45, 7) is 5.48. The molecule has 88 valence electrons. The first-order valence-corrected chi connectivity index (χ1v) is 6.57. The van der Waals surface area contributed by atoms with Gasteiger partial charge in [-0.3, -0.25) is 4.79 Å². The molecule has 1 heterocycles. The predicted octanol–water partition coefficient (Wildman–Crippen LogP) is 3.01. The Hall–Kier alpha value is -0.370. The number of carbonyl (C=O) groups is 1. The Balaban J connectivity index is 1.89. The van der Waals surface area contributed by atoms with Crippen LogP contribution in [0.15, 0.2) is 0 Å². The van der Waals surface area contributed by atoms with Gasteiger partial charge in [-0.05, 0) is 13.0 Å². The highest BCUT2D eigenvalue weighted by Crippen LogP contribution is 2.09. The van der Waals surface area contributed by atoms with Crippen molar-refractivity contribution >= 4 is 5.78 Å². The molecule has 1 aliphatic rings. The standard InChI is InChI=1S/C13H25NO/c1-2-3-4-5-6-7-10-14-11-8-13(15)9-12-14/h2-12H2,1H3. The maximum absolute atomic E-state index is 11.0. The van der Waals surface area contributed by atoms with E-state index in [9.17, 15) is 4.79 Å². The lowest BCUT2D eigenvalue weighted by molar-refractivity contribution is -0.121. The number of nitrogens with zero attached hydrogens (tertiary/aromatic N) is 1. The van der Waals surface area contributed by atoms with Gasteiger partial charge in [0.1, 0.15) is 5.78 Å². The van der Waals surface area contributed by atoms with Gasteiger partial charge in [-0.15, -0.1) is 0 Å². The highest BCUT2D eigenvalue weighted by Gasteiger charge is 2.14. The fourth-order valence-corrected chi connectivity index (χ4v) is 2.14. The summed E-state index contributed by atoms with van der Waals surface area (Å²) in [4.78, 5) is 13.5. The molecule has 0 spiro atoms. The summed E-state index contributed by atoms with van der Waals surface area (Å²) in [5.74, 6) is 0.453. The fraction of sp³-hybridized carbons (Fsp3) is 0.923. The molecule has 1 fully saturated rings. The normalized spacial score (nSPS) is 18.3. The SMILES string of the molecule is CCCCCCCCN1CCC(=O)CC1. The third kappa shape index (κ3) is 5.93. The van der Waals surface area contributed by atoms with Gasteiger partial charge >= 0.3 is 0 Å². The van der Waals surface area contributed by atoms with E-state index in [0.29, 0.717) is 5.78 Å². The smallest absolute Gasteiger partial charge is 0.135 e. The number of hydrogen-bond donors (Lipinski definition) is 0. The van der Waals surface area contributed by atoms with Crippen LogP contribution in [-0.2, 0) is 4.79 Å². The second kappa shape index (κ2) is 7.86. The van der Waals surface area contributed by atoms with Crippen LogP contribution in [0.5, 0.6) is 0 Å². The Morgan fingerprint density at radius 2 is 1.60 bits per heavy atom. The van der Waals surface area contributed by atoms with Gasteiger partial charge in [-0.1, -0.05) is 39.0 Å². The number of unbranched alkanes of at least 4 members (excludes halogenated alkanes) is 5. The average molecular weight is 211 g/mol. The molecule has 1 rings (SSSR count). The quantitative estimate of drug-likeness (QED) is 0.603. The Labute approximate surface area is 94.0 Å². The predicted molar refractivity (Wildman–Crippen MR) is 64.1 cm³/mol. The topological polar surface area (TPSA) is 20.3 Å². The van der Waals surface area contributed by atoms with Crippen LogP contribution in [-0.4, -0.2) is 30.3 Å². The van der Waals surface area contributed by atoms with Crippen molar-refractivity contribution in [2.75, 3.05) is 19.6 Å². The van der Waals surface area contributed by atoms with Gasteiger partial charge in [0.05, 0.1) is 0 Å². The second-order valence-corrected chi connectivity index (χ2v) is 4.65. The molecule has 0 aliphatic carbocycles. The molecule has 0 N–H and O–H groups in total. The van der Waals surface area contributed by atoms with Gasteiger partial charge in [-0.25, -0.2) is 0 Å². The van der Waals surface area contributed by atoms with Gasteiger partial charge < -0.3 is 4.90 Å². The molecular formula is C13H25NO. The van der Waals surface area contributed by atoms with Crippen LogP contribution in [0, 0.1) is 0 Å². The van der Waals surface area contributed by atoms with Crippen molar-refractivity contribution in [3.63, 3.8) is 0 Å². The molecule has 0 atom stereocenters. The molecular weight excluding hydrogens is 186 g/mol. The number of piperidine rings is 1.